The Balaban J connectivity index is 1.84. The van der Waals surface area contributed by atoms with Gasteiger partial charge in [0.25, 0.3) is 5.56 Å². The molecule has 0 amide bonds. The Kier molecular flexibility index (Phi) is 5.32. The van der Waals surface area contributed by atoms with E-state index < -0.39 is 0 Å². The van der Waals surface area contributed by atoms with Crippen molar-refractivity contribution in [2.75, 3.05) is 0 Å². The van der Waals surface area contributed by atoms with Crippen LogP contribution in [0.4, 0.5) is 0 Å². The third kappa shape index (κ3) is 3.67. The standard InChI is InChI=1S/C19H10BrCl3N2OS/c20-11-3-1-10(2-4-11)14-8-27-18-17(14)19(26)25(9-24-18)7-13-15(22)5-12(21)6-16(13)23/h1-6,8-9H,7H2. The van der Waals surface area contributed by atoms with Gasteiger partial charge in [0.15, 0.2) is 0 Å². The second-order valence-corrected chi connectivity index (χ2v) is 8.89. The Labute approximate surface area is 182 Å². The SMILES string of the molecule is O=c1c2c(-c3ccc(Br)cc3)csc2ncn1Cc1c(Cl)cc(Cl)cc1Cl. The van der Waals surface area contributed by atoms with Crippen LogP contribution in [0.2, 0.25) is 15.1 Å². The van der Waals surface area contributed by atoms with Crippen LogP contribution in [0.5, 0.6) is 0 Å². The Morgan fingerprint density at radius 2 is 1.74 bits per heavy atom. The molecule has 0 aliphatic rings. The van der Waals surface area contributed by atoms with Crippen LogP contribution in [0, 0.1) is 0 Å². The predicted octanol–water partition coefficient (Wildman–Crippen LogP) is 6.90. The summed E-state index contributed by atoms with van der Waals surface area (Å²) >= 11 is 23.4. The first-order chi connectivity index (χ1) is 12.9. The molecule has 0 N–H and O–H groups in total. The lowest BCUT2D eigenvalue weighted by atomic mass is 10.1. The second kappa shape index (κ2) is 7.57. The van der Waals surface area contributed by atoms with Crippen LogP contribution >= 0.6 is 62.1 Å². The van der Waals surface area contributed by atoms with E-state index in [-0.39, 0.29) is 12.1 Å². The van der Waals surface area contributed by atoms with Crippen LogP contribution < -0.4 is 5.56 Å². The zero-order valence-corrected chi connectivity index (χ0v) is 18.2. The Morgan fingerprint density at radius 3 is 2.41 bits per heavy atom. The fourth-order valence-electron chi connectivity index (χ4n) is 2.82. The molecule has 2 aromatic heterocycles. The minimum Gasteiger partial charge on any atom is -0.294 e. The van der Waals surface area contributed by atoms with E-state index in [1.807, 2.05) is 29.6 Å². The summed E-state index contributed by atoms with van der Waals surface area (Å²) in [6, 6.07) is 11.0. The van der Waals surface area contributed by atoms with Gasteiger partial charge in [-0.05, 0) is 29.8 Å². The molecule has 8 heteroatoms. The number of hydrogen-bond donors (Lipinski definition) is 0. The summed E-state index contributed by atoms with van der Waals surface area (Å²) in [5.74, 6) is 0. The maximum absolute atomic E-state index is 13.2. The highest BCUT2D eigenvalue weighted by Crippen LogP contribution is 2.32. The monoisotopic (exact) mass is 498 g/mol. The fraction of sp³-hybridized carbons (Fsp3) is 0.0526. The average molecular weight is 501 g/mol. The molecule has 0 saturated carbocycles. The lowest BCUT2D eigenvalue weighted by molar-refractivity contribution is 0.750. The molecule has 0 aliphatic heterocycles. The summed E-state index contributed by atoms with van der Waals surface area (Å²) in [6.07, 6.45) is 1.52. The summed E-state index contributed by atoms with van der Waals surface area (Å²) in [4.78, 5) is 18.3. The van der Waals surface area contributed by atoms with E-state index >= 15 is 0 Å². The number of thiophene rings is 1. The summed E-state index contributed by atoms with van der Waals surface area (Å²) in [5.41, 5.74) is 2.32. The van der Waals surface area contributed by atoms with Gasteiger partial charge in [0, 0.05) is 36.0 Å². The molecule has 0 aliphatic carbocycles. The third-order valence-corrected chi connectivity index (χ3v) is 6.46. The molecule has 0 radical (unpaired) electrons. The van der Waals surface area contributed by atoms with Gasteiger partial charge in [-0.2, -0.15) is 0 Å². The van der Waals surface area contributed by atoms with E-state index in [0.29, 0.717) is 30.8 Å². The van der Waals surface area contributed by atoms with E-state index in [1.165, 1.54) is 22.2 Å². The number of hydrogen-bond acceptors (Lipinski definition) is 3. The molecule has 4 aromatic rings. The van der Waals surface area contributed by atoms with Crippen molar-refractivity contribution in [3.05, 3.63) is 83.6 Å². The molecule has 0 saturated heterocycles. The van der Waals surface area contributed by atoms with Crippen molar-refractivity contribution < 1.29 is 0 Å². The maximum atomic E-state index is 13.2. The van der Waals surface area contributed by atoms with Crippen molar-refractivity contribution in [2.24, 2.45) is 0 Å². The minimum absolute atomic E-state index is 0.138. The number of fused-ring (bicyclic) bond motifs is 1. The molecule has 0 fully saturated rings. The van der Waals surface area contributed by atoms with Crippen molar-refractivity contribution in [3.8, 4) is 11.1 Å². The third-order valence-electron chi connectivity index (χ3n) is 4.15. The van der Waals surface area contributed by atoms with Crippen LogP contribution in [0.25, 0.3) is 21.3 Å². The zero-order chi connectivity index (χ0) is 19.1. The predicted molar refractivity (Wildman–Crippen MR) is 118 cm³/mol. The highest BCUT2D eigenvalue weighted by molar-refractivity contribution is 9.10. The Bertz CT molecular complexity index is 1200. The smallest absolute Gasteiger partial charge is 0.263 e. The van der Waals surface area contributed by atoms with E-state index in [2.05, 4.69) is 20.9 Å². The summed E-state index contributed by atoms with van der Waals surface area (Å²) in [5, 5.41) is 3.82. The first kappa shape index (κ1) is 19.0. The quantitative estimate of drug-likeness (QED) is 0.307. The Hall–Kier alpha value is -1.37. The van der Waals surface area contributed by atoms with Gasteiger partial charge < -0.3 is 0 Å². The van der Waals surface area contributed by atoms with Crippen molar-refractivity contribution in [2.45, 2.75) is 6.54 Å². The van der Waals surface area contributed by atoms with Gasteiger partial charge in [0.1, 0.15) is 4.83 Å². The second-order valence-electron chi connectivity index (χ2n) is 5.86. The molecular formula is C19H10BrCl3N2OS. The molecule has 2 heterocycles. The summed E-state index contributed by atoms with van der Waals surface area (Å²) in [6.45, 7) is 0.215. The molecule has 27 heavy (non-hydrogen) atoms. The van der Waals surface area contributed by atoms with Crippen LogP contribution in [0.15, 0.2) is 57.4 Å². The van der Waals surface area contributed by atoms with E-state index in [0.717, 1.165) is 15.6 Å². The molecule has 136 valence electrons. The largest absolute Gasteiger partial charge is 0.294 e. The van der Waals surface area contributed by atoms with Crippen molar-refractivity contribution in [1.82, 2.24) is 9.55 Å². The van der Waals surface area contributed by atoms with E-state index in [4.69, 9.17) is 34.8 Å². The zero-order valence-electron chi connectivity index (χ0n) is 13.5. The number of rotatable bonds is 3. The number of nitrogens with zero attached hydrogens (tertiary/aromatic N) is 2. The molecule has 3 nitrogen and oxygen atoms in total. The molecular weight excluding hydrogens is 491 g/mol. The first-order valence-corrected chi connectivity index (χ1v) is 10.6. The summed E-state index contributed by atoms with van der Waals surface area (Å²) < 4.78 is 2.49. The van der Waals surface area contributed by atoms with Crippen molar-refractivity contribution in [1.29, 1.82) is 0 Å². The molecule has 0 atom stereocenters. The Morgan fingerprint density at radius 1 is 1.07 bits per heavy atom. The molecule has 0 spiro atoms. The van der Waals surface area contributed by atoms with Gasteiger partial charge in [-0.1, -0.05) is 62.9 Å². The van der Waals surface area contributed by atoms with Gasteiger partial charge >= 0.3 is 0 Å². The normalized spacial score (nSPS) is 11.3. The van der Waals surface area contributed by atoms with Crippen LogP contribution in [0.3, 0.4) is 0 Å². The highest BCUT2D eigenvalue weighted by Gasteiger charge is 2.15. The summed E-state index contributed by atoms with van der Waals surface area (Å²) in [7, 11) is 0. The van der Waals surface area contributed by atoms with Gasteiger partial charge in [-0.15, -0.1) is 11.3 Å². The van der Waals surface area contributed by atoms with Crippen molar-refractivity contribution >= 4 is 72.3 Å². The molecule has 0 unspecified atom stereocenters. The van der Waals surface area contributed by atoms with Crippen LogP contribution in [0.1, 0.15) is 5.56 Å². The molecule has 4 rings (SSSR count). The van der Waals surface area contributed by atoms with Gasteiger partial charge in [-0.25, -0.2) is 4.98 Å². The van der Waals surface area contributed by atoms with Gasteiger partial charge in [0.2, 0.25) is 0 Å². The number of aromatic nitrogens is 2. The van der Waals surface area contributed by atoms with E-state index in [1.54, 1.807) is 12.1 Å². The van der Waals surface area contributed by atoms with Gasteiger partial charge in [-0.3, -0.25) is 9.36 Å². The van der Waals surface area contributed by atoms with E-state index in [9.17, 15) is 4.79 Å². The first-order valence-electron chi connectivity index (χ1n) is 7.80. The fourth-order valence-corrected chi connectivity index (χ4v) is 4.92. The van der Waals surface area contributed by atoms with Crippen LogP contribution in [-0.4, -0.2) is 9.55 Å². The number of halogens is 4. The van der Waals surface area contributed by atoms with Crippen LogP contribution in [-0.2, 0) is 6.54 Å². The maximum Gasteiger partial charge on any atom is 0.263 e. The van der Waals surface area contributed by atoms with Gasteiger partial charge in [0.05, 0.1) is 18.3 Å². The molecule has 2 aromatic carbocycles. The average Bonchev–Trinajstić information content (AvgIpc) is 3.05. The molecule has 0 bridgehead atoms. The minimum atomic E-state index is -0.138. The lowest BCUT2D eigenvalue weighted by Crippen LogP contribution is -2.21. The number of benzene rings is 2. The van der Waals surface area contributed by atoms with Crippen molar-refractivity contribution in [3.63, 3.8) is 0 Å². The lowest BCUT2D eigenvalue weighted by Gasteiger charge is -2.10. The highest BCUT2D eigenvalue weighted by atomic mass is 79.9. The topological polar surface area (TPSA) is 34.9 Å².